The third-order valence-electron chi connectivity index (χ3n) is 4.23. The van der Waals surface area contributed by atoms with E-state index in [1.54, 1.807) is 36.4 Å². The van der Waals surface area contributed by atoms with Crippen LogP contribution in [0.1, 0.15) is 5.56 Å². The number of rotatable bonds is 9. The molecule has 0 aliphatic carbocycles. The lowest BCUT2D eigenvalue weighted by Gasteiger charge is -2.15. The van der Waals surface area contributed by atoms with Gasteiger partial charge < -0.3 is 24.3 Å². The smallest absolute Gasteiger partial charge is 0.238 e. The standard InChI is InChI=1S/C21H22BrN3O6S/c1-28-17-9-14(10-18(29-2)19(17)30-3)24-21-23-11-15(22)20(25-21)31-16-8-6-5-7-13(16)12-32(4,26)27/h5-11H,12H2,1-4H3,(H,23,24,25). The number of aromatic nitrogens is 2. The van der Waals surface area contributed by atoms with Crippen molar-refractivity contribution >= 4 is 37.4 Å². The van der Waals surface area contributed by atoms with Crippen LogP contribution in [-0.4, -0.2) is 46.0 Å². The van der Waals surface area contributed by atoms with Gasteiger partial charge in [0.1, 0.15) is 5.75 Å². The Kier molecular flexibility index (Phi) is 7.41. The Balaban J connectivity index is 1.91. The molecule has 0 amide bonds. The number of sulfone groups is 1. The maximum absolute atomic E-state index is 11.8. The van der Waals surface area contributed by atoms with E-state index in [0.717, 1.165) is 0 Å². The number of halogens is 1. The summed E-state index contributed by atoms with van der Waals surface area (Å²) in [4.78, 5) is 8.65. The normalized spacial score (nSPS) is 11.0. The van der Waals surface area contributed by atoms with Crippen LogP contribution >= 0.6 is 15.9 Å². The number of ether oxygens (including phenoxy) is 4. The summed E-state index contributed by atoms with van der Waals surface area (Å²) in [7, 11) is 1.33. The molecule has 1 N–H and O–H groups in total. The molecule has 1 heterocycles. The van der Waals surface area contributed by atoms with Gasteiger partial charge in [0.2, 0.25) is 17.6 Å². The van der Waals surface area contributed by atoms with Crippen LogP contribution in [0.5, 0.6) is 28.9 Å². The average molecular weight is 524 g/mol. The number of para-hydroxylation sites is 1. The molecule has 0 atom stereocenters. The molecule has 0 bridgehead atoms. The molecule has 0 radical (unpaired) electrons. The van der Waals surface area contributed by atoms with Crippen LogP contribution in [0.3, 0.4) is 0 Å². The first-order valence-corrected chi connectivity index (χ1v) is 12.1. The van der Waals surface area contributed by atoms with Crippen LogP contribution in [0, 0.1) is 0 Å². The molecule has 0 saturated heterocycles. The molecule has 0 fully saturated rings. The van der Waals surface area contributed by atoms with E-state index in [4.69, 9.17) is 18.9 Å². The molecule has 0 spiro atoms. The van der Waals surface area contributed by atoms with Crippen molar-refractivity contribution in [1.29, 1.82) is 0 Å². The van der Waals surface area contributed by atoms with Crippen molar-refractivity contribution in [2.75, 3.05) is 32.9 Å². The minimum absolute atomic E-state index is 0.150. The second kappa shape index (κ2) is 10.0. The largest absolute Gasteiger partial charge is 0.493 e. The first kappa shape index (κ1) is 23.6. The summed E-state index contributed by atoms with van der Waals surface area (Å²) in [5, 5.41) is 3.08. The number of benzene rings is 2. The van der Waals surface area contributed by atoms with Crippen molar-refractivity contribution in [3.05, 3.63) is 52.6 Å². The molecule has 0 aliphatic rings. The van der Waals surface area contributed by atoms with Crippen molar-refractivity contribution in [2.24, 2.45) is 0 Å². The van der Waals surface area contributed by atoms with Crippen LogP contribution in [0.2, 0.25) is 0 Å². The molecule has 1 aromatic heterocycles. The number of nitrogens with one attached hydrogen (secondary N) is 1. The Morgan fingerprint density at radius 1 is 1.00 bits per heavy atom. The van der Waals surface area contributed by atoms with E-state index in [1.807, 2.05) is 0 Å². The van der Waals surface area contributed by atoms with Gasteiger partial charge in [0.05, 0.1) is 37.8 Å². The van der Waals surface area contributed by atoms with E-state index >= 15 is 0 Å². The van der Waals surface area contributed by atoms with Crippen molar-refractivity contribution in [2.45, 2.75) is 5.75 Å². The van der Waals surface area contributed by atoms with E-state index < -0.39 is 9.84 Å². The minimum Gasteiger partial charge on any atom is -0.493 e. The fraction of sp³-hybridized carbons (Fsp3) is 0.238. The Morgan fingerprint density at radius 3 is 2.25 bits per heavy atom. The molecular weight excluding hydrogens is 502 g/mol. The van der Waals surface area contributed by atoms with Crippen molar-refractivity contribution < 1.29 is 27.4 Å². The monoisotopic (exact) mass is 523 g/mol. The summed E-state index contributed by atoms with van der Waals surface area (Å²) in [6.07, 6.45) is 2.70. The first-order chi connectivity index (χ1) is 15.2. The Labute approximate surface area is 194 Å². The quantitative estimate of drug-likeness (QED) is 0.437. The van der Waals surface area contributed by atoms with E-state index in [1.165, 1.54) is 33.8 Å². The lowest BCUT2D eigenvalue weighted by Crippen LogP contribution is -2.04. The van der Waals surface area contributed by atoms with E-state index in [0.29, 0.717) is 38.7 Å². The molecule has 0 aliphatic heterocycles. The van der Waals surface area contributed by atoms with Crippen LogP contribution in [0.15, 0.2) is 47.1 Å². The van der Waals surface area contributed by atoms with Gasteiger partial charge in [-0.25, -0.2) is 13.4 Å². The summed E-state index contributed by atoms with van der Waals surface area (Å²) in [5.41, 5.74) is 1.13. The summed E-state index contributed by atoms with van der Waals surface area (Å²) >= 11 is 3.37. The maximum Gasteiger partial charge on any atom is 0.238 e. The molecule has 0 saturated carbocycles. The zero-order valence-electron chi connectivity index (χ0n) is 17.9. The maximum atomic E-state index is 11.8. The highest BCUT2D eigenvalue weighted by Crippen LogP contribution is 2.40. The summed E-state index contributed by atoms with van der Waals surface area (Å²) in [5.74, 6) is 2.10. The van der Waals surface area contributed by atoms with Gasteiger partial charge in [-0.05, 0) is 22.0 Å². The van der Waals surface area contributed by atoms with Crippen LogP contribution in [0.4, 0.5) is 11.6 Å². The predicted molar refractivity (Wildman–Crippen MR) is 124 cm³/mol. The minimum atomic E-state index is -3.24. The fourth-order valence-electron chi connectivity index (χ4n) is 2.87. The van der Waals surface area contributed by atoms with E-state index in [-0.39, 0.29) is 17.6 Å². The van der Waals surface area contributed by atoms with Crippen LogP contribution in [0.25, 0.3) is 0 Å². The Morgan fingerprint density at radius 2 is 1.66 bits per heavy atom. The molecule has 0 unspecified atom stereocenters. The average Bonchev–Trinajstić information content (AvgIpc) is 2.75. The Bertz CT molecular complexity index is 1190. The Hall–Kier alpha value is -3.05. The highest BCUT2D eigenvalue weighted by atomic mass is 79.9. The van der Waals surface area contributed by atoms with Gasteiger partial charge in [-0.2, -0.15) is 4.98 Å². The second-order valence-corrected chi connectivity index (χ2v) is 9.66. The lowest BCUT2D eigenvalue weighted by atomic mass is 10.2. The van der Waals surface area contributed by atoms with Gasteiger partial charge in [-0.1, -0.05) is 18.2 Å². The molecule has 3 rings (SSSR count). The predicted octanol–water partition coefficient (Wildman–Crippen LogP) is 4.35. The summed E-state index contributed by atoms with van der Waals surface area (Å²) in [6.45, 7) is 0. The first-order valence-electron chi connectivity index (χ1n) is 9.27. The molecule has 170 valence electrons. The van der Waals surface area contributed by atoms with Gasteiger partial charge in [-0.3, -0.25) is 0 Å². The molecule has 9 nitrogen and oxygen atoms in total. The van der Waals surface area contributed by atoms with Gasteiger partial charge in [0, 0.05) is 29.6 Å². The van der Waals surface area contributed by atoms with E-state index in [2.05, 4.69) is 31.2 Å². The second-order valence-electron chi connectivity index (χ2n) is 6.67. The lowest BCUT2D eigenvalue weighted by molar-refractivity contribution is 0.324. The zero-order chi connectivity index (χ0) is 23.3. The van der Waals surface area contributed by atoms with Crippen molar-refractivity contribution in [3.63, 3.8) is 0 Å². The van der Waals surface area contributed by atoms with Crippen molar-refractivity contribution in [1.82, 2.24) is 9.97 Å². The summed E-state index contributed by atoms with van der Waals surface area (Å²) in [6, 6.07) is 10.3. The number of anilines is 2. The van der Waals surface area contributed by atoms with Gasteiger partial charge in [0.15, 0.2) is 21.3 Å². The highest BCUT2D eigenvalue weighted by molar-refractivity contribution is 9.10. The SMILES string of the molecule is COc1cc(Nc2ncc(Br)c(Oc3ccccc3CS(C)(=O)=O)n2)cc(OC)c1OC. The molecule has 11 heteroatoms. The van der Waals surface area contributed by atoms with Crippen LogP contribution in [-0.2, 0) is 15.6 Å². The molecule has 2 aromatic carbocycles. The van der Waals surface area contributed by atoms with Crippen molar-refractivity contribution in [3.8, 4) is 28.9 Å². The molecule has 3 aromatic rings. The summed E-state index contributed by atoms with van der Waals surface area (Å²) < 4.78 is 46.0. The van der Waals surface area contributed by atoms with Gasteiger partial charge >= 0.3 is 0 Å². The van der Waals surface area contributed by atoms with E-state index in [9.17, 15) is 8.42 Å². The number of hydrogen-bond acceptors (Lipinski definition) is 9. The number of nitrogens with zero attached hydrogens (tertiary/aromatic N) is 2. The zero-order valence-corrected chi connectivity index (χ0v) is 20.3. The van der Waals surface area contributed by atoms with Gasteiger partial charge in [-0.15, -0.1) is 0 Å². The molecular formula is C21H22BrN3O6S. The van der Waals surface area contributed by atoms with Gasteiger partial charge in [0.25, 0.3) is 0 Å². The highest BCUT2D eigenvalue weighted by Gasteiger charge is 2.16. The van der Waals surface area contributed by atoms with Crippen LogP contribution < -0.4 is 24.3 Å². The topological polar surface area (TPSA) is 109 Å². The third kappa shape index (κ3) is 5.80. The third-order valence-corrected chi connectivity index (χ3v) is 5.61. The fourth-order valence-corrected chi connectivity index (χ4v) is 3.95. The number of methoxy groups -OCH3 is 3. The molecule has 32 heavy (non-hydrogen) atoms. The number of hydrogen-bond donors (Lipinski definition) is 1.